The maximum Gasteiger partial charge on any atom is 0.308 e. The van der Waals surface area contributed by atoms with Crippen LogP contribution in [0.4, 0.5) is 0 Å². The van der Waals surface area contributed by atoms with Gasteiger partial charge in [-0.3, -0.25) is 4.79 Å². The smallest absolute Gasteiger partial charge is 0.308 e. The van der Waals surface area contributed by atoms with Gasteiger partial charge in [-0.25, -0.2) is 4.98 Å². The van der Waals surface area contributed by atoms with Gasteiger partial charge < -0.3 is 4.74 Å². The lowest BCUT2D eigenvalue weighted by atomic mass is 9.87. The average molecular weight is 275 g/mol. The minimum atomic E-state index is -0.321. The summed E-state index contributed by atoms with van der Waals surface area (Å²) in [6.45, 7) is 7.94. The number of hydrogen-bond acceptors (Lipinski definition) is 4. The van der Waals surface area contributed by atoms with Crippen LogP contribution in [0.3, 0.4) is 0 Å². The van der Waals surface area contributed by atoms with Gasteiger partial charge in [-0.2, -0.15) is 0 Å². The Morgan fingerprint density at radius 1 is 1.21 bits per heavy atom. The number of nitrogens with zero attached hydrogens (tertiary/aromatic N) is 1. The fourth-order valence-electron chi connectivity index (χ4n) is 1.69. The first kappa shape index (κ1) is 13.7. The lowest BCUT2D eigenvalue weighted by molar-refractivity contribution is -0.131. The summed E-state index contributed by atoms with van der Waals surface area (Å²) in [6, 6.07) is 8.33. The van der Waals surface area contributed by atoms with Gasteiger partial charge in [-0.05, 0) is 11.0 Å². The first-order chi connectivity index (χ1) is 8.86. The number of carbonyl (C=O) groups excluding carboxylic acids is 1. The second kappa shape index (κ2) is 5.13. The molecule has 2 aromatic rings. The highest BCUT2D eigenvalue weighted by Crippen LogP contribution is 2.31. The van der Waals surface area contributed by atoms with E-state index in [1.807, 2.05) is 0 Å². The highest BCUT2D eigenvalue weighted by Gasteiger charge is 2.14. The van der Waals surface area contributed by atoms with E-state index in [1.165, 1.54) is 23.8 Å². The Morgan fingerprint density at radius 2 is 1.84 bits per heavy atom. The Bertz CT molecular complexity index is 579. The zero-order valence-corrected chi connectivity index (χ0v) is 12.4. The average Bonchev–Trinajstić information content (AvgIpc) is 2.75. The molecule has 0 unspecified atom stereocenters. The monoisotopic (exact) mass is 275 g/mol. The van der Waals surface area contributed by atoms with E-state index < -0.39 is 0 Å². The third-order valence-electron chi connectivity index (χ3n) is 2.73. The highest BCUT2D eigenvalue weighted by molar-refractivity contribution is 7.16. The van der Waals surface area contributed by atoms with E-state index in [9.17, 15) is 4.79 Å². The van der Waals surface area contributed by atoms with Crippen LogP contribution in [0, 0.1) is 0 Å². The Hall–Kier alpha value is -1.68. The minimum absolute atomic E-state index is 0.143. The molecular weight excluding hydrogens is 258 g/mol. The summed E-state index contributed by atoms with van der Waals surface area (Å²) in [5.41, 5.74) is 2.47. The molecule has 0 amide bonds. The van der Waals surface area contributed by atoms with Crippen LogP contribution >= 0.6 is 11.3 Å². The van der Waals surface area contributed by atoms with Gasteiger partial charge >= 0.3 is 5.97 Å². The molecule has 0 saturated heterocycles. The number of rotatable bonds is 2. The molecule has 1 heterocycles. The van der Waals surface area contributed by atoms with Crippen LogP contribution in [0.1, 0.15) is 33.3 Å². The molecular formula is C15H17NO2S. The van der Waals surface area contributed by atoms with E-state index in [4.69, 9.17) is 4.74 Å². The van der Waals surface area contributed by atoms with Crippen LogP contribution < -0.4 is 4.74 Å². The van der Waals surface area contributed by atoms with Crippen LogP contribution in [-0.2, 0) is 10.2 Å². The minimum Gasteiger partial charge on any atom is -0.414 e. The number of ether oxygens (including phenoxy) is 1. The van der Waals surface area contributed by atoms with Crippen LogP contribution in [0.5, 0.6) is 5.06 Å². The zero-order chi connectivity index (χ0) is 14.0. The van der Waals surface area contributed by atoms with Crippen LogP contribution in [-0.4, -0.2) is 11.0 Å². The number of aromatic nitrogens is 1. The highest BCUT2D eigenvalue weighted by atomic mass is 32.1. The van der Waals surface area contributed by atoms with Gasteiger partial charge in [-0.1, -0.05) is 56.4 Å². The Kier molecular flexibility index (Phi) is 3.71. The number of carbonyl (C=O) groups is 1. The summed E-state index contributed by atoms with van der Waals surface area (Å²) in [4.78, 5) is 15.1. The number of thiazole rings is 1. The van der Waals surface area contributed by atoms with Crippen molar-refractivity contribution in [1.29, 1.82) is 0 Å². The van der Waals surface area contributed by atoms with Crippen LogP contribution in [0.15, 0.2) is 30.5 Å². The number of esters is 1. The van der Waals surface area contributed by atoms with E-state index in [1.54, 1.807) is 6.20 Å². The van der Waals surface area contributed by atoms with Crippen molar-refractivity contribution >= 4 is 17.3 Å². The third-order valence-corrected chi connectivity index (χ3v) is 3.65. The molecule has 0 aliphatic rings. The molecule has 19 heavy (non-hydrogen) atoms. The zero-order valence-electron chi connectivity index (χ0n) is 11.6. The maximum absolute atomic E-state index is 10.9. The second-order valence-corrected chi connectivity index (χ2v) is 6.40. The molecule has 4 heteroatoms. The van der Waals surface area contributed by atoms with Gasteiger partial charge in [0.2, 0.25) is 5.06 Å². The van der Waals surface area contributed by atoms with Gasteiger partial charge in [0, 0.05) is 12.5 Å². The van der Waals surface area contributed by atoms with Gasteiger partial charge in [0.15, 0.2) is 0 Å². The van der Waals surface area contributed by atoms with Crippen molar-refractivity contribution in [2.75, 3.05) is 0 Å². The summed E-state index contributed by atoms with van der Waals surface area (Å²) in [6.07, 6.45) is 1.58. The summed E-state index contributed by atoms with van der Waals surface area (Å²) >= 11 is 1.37. The maximum atomic E-state index is 10.9. The molecule has 0 spiro atoms. The Labute approximate surface area is 117 Å². The fraction of sp³-hybridized carbons (Fsp3) is 0.333. The summed E-state index contributed by atoms with van der Waals surface area (Å²) < 4.78 is 5.01. The molecule has 0 atom stereocenters. The normalized spacial score (nSPS) is 11.4. The predicted octanol–water partition coefficient (Wildman–Crippen LogP) is 4.03. The Balaban J connectivity index is 2.23. The summed E-state index contributed by atoms with van der Waals surface area (Å²) in [5.74, 6) is -0.321. The van der Waals surface area contributed by atoms with Gasteiger partial charge in [0.25, 0.3) is 0 Å². The van der Waals surface area contributed by atoms with Crippen molar-refractivity contribution < 1.29 is 9.53 Å². The molecule has 100 valence electrons. The number of hydrogen-bond donors (Lipinski definition) is 0. The van der Waals surface area contributed by atoms with Crippen molar-refractivity contribution in [1.82, 2.24) is 4.98 Å². The van der Waals surface area contributed by atoms with E-state index >= 15 is 0 Å². The van der Waals surface area contributed by atoms with Gasteiger partial charge in [0.05, 0.1) is 6.20 Å². The lowest BCUT2D eigenvalue weighted by Crippen LogP contribution is -2.10. The van der Waals surface area contributed by atoms with Crippen LogP contribution in [0.25, 0.3) is 10.6 Å². The molecule has 1 aromatic heterocycles. The Morgan fingerprint density at radius 3 is 2.37 bits per heavy atom. The topological polar surface area (TPSA) is 39.2 Å². The SMILES string of the molecule is CC(=O)Oc1cnc(-c2ccc(C(C)(C)C)cc2)s1. The van der Waals surface area contributed by atoms with Crippen molar-refractivity contribution in [3.8, 4) is 15.6 Å². The van der Waals surface area contributed by atoms with Crippen molar-refractivity contribution in [3.63, 3.8) is 0 Å². The molecule has 0 aliphatic heterocycles. The standard InChI is InChI=1S/C15H17NO2S/c1-10(17)18-13-9-16-14(19-13)11-5-7-12(8-6-11)15(2,3)4/h5-9H,1-4H3. The van der Waals surface area contributed by atoms with Gasteiger partial charge in [0.1, 0.15) is 5.01 Å². The van der Waals surface area contributed by atoms with Crippen LogP contribution in [0.2, 0.25) is 0 Å². The molecule has 1 aromatic carbocycles. The molecule has 0 bridgehead atoms. The third kappa shape index (κ3) is 3.41. The quantitative estimate of drug-likeness (QED) is 0.777. The van der Waals surface area contributed by atoms with E-state index in [0.717, 1.165) is 10.6 Å². The van der Waals surface area contributed by atoms with Gasteiger partial charge in [-0.15, -0.1) is 0 Å². The molecule has 0 fully saturated rings. The summed E-state index contributed by atoms with van der Waals surface area (Å²) in [7, 11) is 0. The lowest BCUT2D eigenvalue weighted by Gasteiger charge is -2.18. The van der Waals surface area contributed by atoms with E-state index in [0.29, 0.717) is 5.06 Å². The molecule has 3 nitrogen and oxygen atoms in total. The van der Waals surface area contributed by atoms with Crippen molar-refractivity contribution in [2.45, 2.75) is 33.1 Å². The number of benzene rings is 1. The first-order valence-corrected chi connectivity index (χ1v) is 6.93. The van der Waals surface area contributed by atoms with E-state index in [-0.39, 0.29) is 11.4 Å². The summed E-state index contributed by atoms with van der Waals surface area (Å²) in [5, 5.41) is 1.39. The molecule has 2 rings (SSSR count). The first-order valence-electron chi connectivity index (χ1n) is 6.11. The molecule has 0 aliphatic carbocycles. The van der Waals surface area contributed by atoms with Crippen molar-refractivity contribution in [3.05, 3.63) is 36.0 Å². The van der Waals surface area contributed by atoms with E-state index in [2.05, 4.69) is 50.0 Å². The second-order valence-electron chi connectivity index (χ2n) is 5.41. The molecule has 0 saturated carbocycles. The molecule has 0 radical (unpaired) electrons. The molecule has 0 N–H and O–H groups in total. The fourth-order valence-corrected chi connectivity index (χ4v) is 2.51. The van der Waals surface area contributed by atoms with Crippen molar-refractivity contribution in [2.24, 2.45) is 0 Å². The predicted molar refractivity (Wildman–Crippen MR) is 77.6 cm³/mol. The largest absolute Gasteiger partial charge is 0.414 e.